The van der Waals surface area contributed by atoms with E-state index in [2.05, 4.69) is 0 Å². The second-order valence-corrected chi connectivity index (χ2v) is 2.91. The molecule has 2 aromatic carbocycles. The number of rotatable bonds is 1. The Balaban J connectivity index is 0.000000980. The van der Waals surface area contributed by atoms with Gasteiger partial charge in [0.05, 0.1) is 0 Å². The summed E-state index contributed by atoms with van der Waals surface area (Å²) in [6.45, 7) is 0. The first-order chi connectivity index (χ1) is 6.36. The Bertz CT molecular complexity index is 381. The summed E-state index contributed by atoms with van der Waals surface area (Å²) in [5.41, 5.74) is 2.29. The maximum atomic E-state index is 9.10. The van der Waals surface area contributed by atoms with Crippen molar-refractivity contribution < 1.29 is 5.11 Å². The van der Waals surface area contributed by atoms with Crippen molar-refractivity contribution in [3.05, 3.63) is 54.6 Å². The van der Waals surface area contributed by atoms with E-state index in [0.29, 0.717) is 5.75 Å². The van der Waals surface area contributed by atoms with Gasteiger partial charge in [0, 0.05) is 0 Å². The zero-order valence-electron chi connectivity index (χ0n) is 7.14. The molecule has 0 fully saturated rings. The SMILES string of the molecule is Oc1ccc(-c2ccccc2)cc1.[GaH3]. The molecule has 0 saturated carbocycles. The predicted octanol–water partition coefficient (Wildman–Crippen LogP) is 1.88. The van der Waals surface area contributed by atoms with Crippen molar-refractivity contribution in [2.24, 2.45) is 0 Å². The summed E-state index contributed by atoms with van der Waals surface area (Å²) in [5.74, 6) is 0.305. The summed E-state index contributed by atoms with van der Waals surface area (Å²) in [7, 11) is 0. The zero-order chi connectivity index (χ0) is 9.10. The Morgan fingerprint density at radius 3 is 1.71 bits per heavy atom. The van der Waals surface area contributed by atoms with Gasteiger partial charge in [-0.05, 0) is 23.3 Å². The van der Waals surface area contributed by atoms with Crippen molar-refractivity contribution in [2.45, 2.75) is 0 Å². The number of hydrogen-bond acceptors (Lipinski definition) is 1. The predicted molar refractivity (Wildman–Crippen MR) is 63.5 cm³/mol. The van der Waals surface area contributed by atoms with E-state index in [4.69, 9.17) is 5.11 Å². The van der Waals surface area contributed by atoms with Crippen LogP contribution in [0, 0.1) is 0 Å². The van der Waals surface area contributed by atoms with E-state index in [1.54, 1.807) is 12.1 Å². The molecule has 0 aliphatic rings. The molecule has 0 aliphatic carbocycles. The molecule has 0 radical (unpaired) electrons. The topological polar surface area (TPSA) is 20.2 Å². The van der Waals surface area contributed by atoms with Gasteiger partial charge in [-0.1, -0.05) is 42.5 Å². The van der Waals surface area contributed by atoms with E-state index in [9.17, 15) is 0 Å². The Labute approximate surface area is 96.5 Å². The molecule has 0 aliphatic heterocycles. The van der Waals surface area contributed by atoms with Gasteiger partial charge in [-0.2, -0.15) is 0 Å². The molecular formula is C12H13GaO. The Kier molecular flexibility index (Phi) is 3.86. The number of benzene rings is 2. The normalized spacial score (nSPS) is 9.14. The van der Waals surface area contributed by atoms with Crippen LogP contribution < -0.4 is 0 Å². The first-order valence-electron chi connectivity index (χ1n) is 4.21. The van der Waals surface area contributed by atoms with E-state index in [1.807, 2.05) is 42.5 Å². The van der Waals surface area contributed by atoms with Crippen LogP contribution in [0.15, 0.2) is 54.6 Å². The van der Waals surface area contributed by atoms with Gasteiger partial charge in [0.25, 0.3) is 0 Å². The molecule has 2 heteroatoms. The van der Waals surface area contributed by atoms with Crippen molar-refractivity contribution in [2.75, 3.05) is 0 Å². The summed E-state index contributed by atoms with van der Waals surface area (Å²) < 4.78 is 0. The van der Waals surface area contributed by atoms with Gasteiger partial charge in [0.15, 0.2) is 0 Å². The van der Waals surface area contributed by atoms with Crippen LogP contribution in [0.3, 0.4) is 0 Å². The molecule has 0 atom stereocenters. The molecule has 14 heavy (non-hydrogen) atoms. The van der Waals surface area contributed by atoms with Crippen LogP contribution in [0.2, 0.25) is 0 Å². The molecule has 0 spiro atoms. The average molecular weight is 243 g/mol. The molecule has 1 N–H and O–H groups in total. The van der Waals surface area contributed by atoms with Gasteiger partial charge in [0.2, 0.25) is 0 Å². The van der Waals surface area contributed by atoms with Gasteiger partial charge >= 0.3 is 19.8 Å². The molecule has 1 nitrogen and oxygen atoms in total. The Hall–Kier alpha value is -1.12. The number of phenols is 1. The summed E-state index contributed by atoms with van der Waals surface area (Å²) in [6.07, 6.45) is 0. The molecule has 2 rings (SSSR count). The summed E-state index contributed by atoms with van der Waals surface area (Å²) in [6, 6.07) is 17.3. The second kappa shape index (κ2) is 4.93. The fourth-order valence-corrected chi connectivity index (χ4v) is 1.28. The van der Waals surface area contributed by atoms with Crippen LogP contribution in [0.1, 0.15) is 0 Å². The van der Waals surface area contributed by atoms with E-state index >= 15 is 0 Å². The van der Waals surface area contributed by atoms with Crippen molar-refractivity contribution in [3.63, 3.8) is 0 Å². The summed E-state index contributed by atoms with van der Waals surface area (Å²) in [5, 5.41) is 9.10. The van der Waals surface area contributed by atoms with Gasteiger partial charge < -0.3 is 5.11 Å². The standard InChI is InChI=1S/C12H10O.Ga.3H/c13-12-8-6-11(7-9-12)10-4-2-1-3-5-10;;;;/h1-9,13H;;;;. The van der Waals surface area contributed by atoms with Crippen LogP contribution in [0.5, 0.6) is 5.75 Å². The number of aromatic hydroxyl groups is 1. The van der Waals surface area contributed by atoms with Crippen LogP contribution in [0.25, 0.3) is 11.1 Å². The summed E-state index contributed by atoms with van der Waals surface area (Å²) in [4.78, 5) is 0. The van der Waals surface area contributed by atoms with Crippen LogP contribution >= 0.6 is 0 Å². The van der Waals surface area contributed by atoms with Crippen molar-refractivity contribution in [3.8, 4) is 16.9 Å². The number of hydrogen-bond donors (Lipinski definition) is 1. The minimum atomic E-state index is 0. The van der Waals surface area contributed by atoms with Crippen molar-refractivity contribution >= 4 is 19.8 Å². The Morgan fingerprint density at radius 1 is 0.643 bits per heavy atom. The summed E-state index contributed by atoms with van der Waals surface area (Å²) >= 11 is 0. The third-order valence-electron chi connectivity index (χ3n) is 1.97. The average Bonchev–Trinajstić information content (AvgIpc) is 2.20. The van der Waals surface area contributed by atoms with Gasteiger partial charge in [-0.3, -0.25) is 0 Å². The van der Waals surface area contributed by atoms with Gasteiger partial charge in [0.1, 0.15) is 5.75 Å². The van der Waals surface area contributed by atoms with Crippen LogP contribution in [0.4, 0.5) is 0 Å². The third-order valence-corrected chi connectivity index (χ3v) is 1.97. The van der Waals surface area contributed by atoms with Gasteiger partial charge in [-0.25, -0.2) is 0 Å². The van der Waals surface area contributed by atoms with Crippen LogP contribution in [-0.2, 0) is 0 Å². The molecule has 0 unspecified atom stereocenters. The first kappa shape index (κ1) is 11.0. The molecule has 0 aromatic heterocycles. The quantitative estimate of drug-likeness (QED) is 0.758. The zero-order valence-corrected chi connectivity index (χ0v) is 7.14. The van der Waals surface area contributed by atoms with Crippen LogP contribution in [-0.4, -0.2) is 24.9 Å². The van der Waals surface area contributed by atoms with Gasteiger partial charge in [-0.15, -0.1) is 0 Å². The second-order valence-electron chi connectivity index (χ2n) is 2.91. The third kappa shape index (κ3) is 2.43. The van der Waals surface area contributed by atoms with E-state index in [-0.39, 0.29) is 19.8 Å². The van der Waals surface area contributed by atoms with E-state index in [0.717, 1.165) is 5.56 Å². The Morgan fingerprint density at radius 2 is 1.14 bits per heavy atom. The molecule has 0 heterocycles. The monoisotopic (exact) mass is 242 g/mol. The van der Waals surface area contributed by atoms with E-state index < -0.39 is 0 Å². The first-order valence-corrected chi connectivity index (χ1v) is 4.21. The van der Waals surface area contributed by atoms with Crippen molar-refractivity contribution in [1.29, 1.82) is 0 Å². The molecule has 0 bridgehead atoms. The van der Waals surface area contributed by atoms with E-state index in [1.165, 1.54) is 5.56 Å². The molecule has 0 amide bonds. The molecular weight excluding hydrogens is 230 g/mol. The minimum absolute atomic E-state index is 0. The fourth-order valence-electron chi connectivity index (χ4n) is 1.28. The number of phenolic OH excluding ortho intramolecular Hbond substituents is 1. The molecule has 70 valence electrons. The molecule has 2 aromatic rings. The molecule has 0 saturated heterocycles. The maximum absolute atomic E-state index is 9.10. The van der Waals surface area contributed by atoms with Crippen molar-refractivity contribution in [1.82, 2.24) is 0 Å². The fraction of sp³-hybridized carbons (Fsp3) is 0.